The first-order valence-corrected chi connectivity index (χ1v) is 11.3. The number of halogens is 1. The molecule has 5 rings (SSSR count). The second kappa shape index (κ2) is 7.57. The lowest BCUT2D eigenvalue weighted by Gasteiger charge is -2.55. The van der Waals surface area contributed by atoms with E-state index in [1.54, 1.807) is 18.6 Å². The standard InChI is InChI=1S/C25H30FN5O/c1-24-9-4-10-25(2,15-24)23(26)20(14-24)30(3)22-8-7-19(28-29-22)18-6-5-17(13-21(18)32)31-12-11-27-16-31/h5-8,11-13,16,20,23,32H,4,9-10,14-15H2,1-3H3/t20-,23-,24-,25-/m1/s1. The van der Waals surface area contributed by atoms with Crippen molar-refractivity contribution in [3.63, 3.8) is 0 Å². The number of phenolic OH excluding ortho intramolecular Hbond substituents is 1. The Labute approximate surface area is 188 Å². The zero-order valence-corrected chi connectivity index (χ0v) is 18.9. The Morgan fingerprint density at radius 2 is 2.00 bits per heavy atom. The number of benzene rings is 1. The van der Waals surface area contributed by atoms with Crippen molar-refractivity contribution in [1.82, 2.24) is 19.7 Å². The van der Waals surface area contributed by atoms with E-state index in [0.29, 0.717) is 17.1 Å². The van der Waals surface area contributed by atoms with Crippen LogP contribution < -0.4 is 4.90 Å². The van der Waals surface area contributed by atoms with E-state index >= 15 is 4.39 Å². The largest absolute Gasteiger partial charge is 0.507 e. The first kappa shape index (κ1) is 20.9. The van der Waals surface area contributed by atoms with E-state index in [4.69, 9.17) is 0 Å². The number of imidazole rings is 1. The molecule has 2 saturated carbocycles. The highest BCUT2D eigenvalue weighted by Gasteiger charge is 2.54. The molecule has 1 N–H and O–H groups in total. The molecule has 3 aromatic rings. The SMILES string of the molecule is CN(c1ccc(-c2ccc(-n3ccnc3)cc2O)nn1)[C@@H]1C[C@@]2(C)CCC[C@](C)(C2)[C@@H]1F. The summed E-state index contributed by atoms with van der Waals surface area (Å²) in [5.41, 5.74) is 1.91. The lowest BCUT2D eigenvalue weighted by Crippen LogP contribution is -2.57. The molecule has 6 nitrogen and oxygen atoms in total. The van der Waals surface area contributed by atoms with Crippen molar-refractivity contribution in [2.45, 2.75) is 58.2 Å². The maximum Gasteiger partial charge on any atom is 0.151 e. The van der Waals surface area contributed by atoms with Crippen LogP contribution in [0.3, 0.4) is 0 Å². The zero-order valence-electron chi connectivity index (χ0n) is 18.9. The minimum atomic E-state index is -0.887. The van der Waals surface area contributed by atoms with Crippen molar-refractivity contribution in [3.8, 4) is 22.7 Å². The predicted molar refractivity (Wildman–Crippen MR) is 123 cm³/mol. The molecule has 2 aliphatic rings. The number of anilines is 1. The van der Waals surface area contributed by atoms with Gasteiger partial charge in [0.1, 0.15) is 11.9 Å². The van der Waals surface area contributed by atoms with Crippen LogP contribution in [-0.2, 0) is 0 Å². The van der Waals surface area contributed by atoms with E-state index in [1.165, 1.54) is 6.42 Å². The second-order valence-corrected chi connectivity index (χ2v) is 10.2. The quantitative estimate of drug-likeness (QED) is 0.613. The van der Waals surface area contributed by atoms with Crippen LogP contribution in [0.15, 0.2) is 49.1 Å². The molecule has 1 aromatic carbocycles. The molecule has 0 spiro atoms. The second-order valence-electron chi connectivity index (χ2n) is 10.2. The van der Waals surface area contributed by atoms with Gasteiger partial charge in [-0.15, -0.1) is 10.2 Å². The molecular weight excluding hydrogens is 405 g/mol. The van der Waals surface area contributed by atoms with Crippen molar-refractivity contribution in [3.05, 3.63) is 49.1 Å². The summed E-state index contributed by atoms with van der Waals surface area (Å²) in [5.74, 6) is 0.777. The number of nitrogens with zero attached hydrogens (tertiary/aromatic N) is 5. The molecule has 32 heavy (non-hydrogen) atoms. The number of phenols is 1. The Bertz CT molecular complexity index is 1100. The van der Waals surface area contributed by atoms with Crippen molar-refractivity contribution in [1.29, 1.82) is 0 Å². The Morgan fingerprint density at radius 1 is 1.16 bits per heavy atom. The minimum absolute atomic E-state index is 0.122. The van der Waals surface area contributed by atoms with Gasteiger partial charge in [0.05, 0.1) is 23.8 Å². The van der Waals surface area contributed by atoms with Crippen LogP contribution in [0.1, 0.15) is 46.0 Å². The molecule has 2 aliphatic carbocycles. The average Bonchev–Trinajstić information content (AvgIpc) is 3.31. The summed E-state index contributed by atoms with van der Waals surface area (Å²) in [6.07, 6.45) is 9.32. The van der Waals surface area contributed by atoms with Crippen LogP contribution in [0.5, 0.6) is 5.75 Å². The minimum Gasteiger partial charge on any atom is -0.507 e. The molecule has 2 fully saturated rings. The maximum absolute atomic E-state index is 15.6. The molecule has 0 saturated heterocycles. The van der Waals surface area contributed by atoms with Gasteiger partial charge in [-0.05, 0) is 55.4 Å². The molecule has 0 unspecified atom stereocenters. The van der Waals surface area contributed by atoms with E-state index in [9.17, 15) is 5.11 Å². The van der Waals surface area contributed by atoms with Gasteiger partial charge in [0.25, 0.3) is 0 Å². The van der Waals surface area contributed by atoms with Gasteiger partial charge < -0.3 is 14.6 Å². The van der Waals surface area contributed by atoms with E-state index < -0.39 is 6.17 Å². The first-order valence-electron chi connectivity index (χ1n) is 11.3. The molecule has 2 bridgehead atoms. The molecule has 7 heteroatoms. The molecule has 0 aliphatic heterocycles. The number of fused-ring (bicyclic) bond motifs is 2. The van der Waals surface area contributed by atoms with Gasteiger partial charge in [0.2, 0.25) is 0 Å². The van der Waals surface area contributed by atoms with Crippen LogP contribution >= 0.6 is 0 Å². The lowest BCUT2D eigenvalue weighted by atomic mass is 9.54. The molecule has 0 radical (unpaired) electrons. The van der Waals surface area contributed by atoms with Crippen molar-refractivity contribution in [2.75, 3.05) is 11.9 Å². The van der Waals surface area contributed by atoms with Crippen LogP contribution in [0.4, 0.5) is 10.2 Å². The van der Waals surface area contributed by atoms with Crippen molar-refractivity contribution < 1.29 is 9.50 Å². The highest BCUT2D eigenvalue weighted by molar-refractivity contribution is 5.69. The third-order valence-electron chi connectivity index (χ3n) is 7.63. The van der Waals surface area contributed by atoms with E-state index in [2.05, 4.69) is 29.0 Å². The van der Waals surface area contributed by atoms with Crippen LogP contribution in [0.25, 0.3) is 16.9 Å². The van der Waals surface area contributed by atoms with Gasteiger partial charge in [-0.1, -0.05) is 20.3 Å². The average molecular weight is 436 g/mol. The fourth-order valence-corrected chi connectivity index (χ4v) is 6.02. The molecule has 0 amide bonds. The van der Waals surface area contributed by atoms with Crippen molar-refractivity contribution >= 4 is 5.82 Å². The Hall–Kier alpha value is -2.96. The molecular formula is C25H30FN5O. The predicted octanol–water partition coefficient (Wildman–Crippen LogP) is 5.17. The fourth-order valence-electron chi connectivity index (χ4n) is 6.02. The first-order chi connectivity index (χ1) is 15.3. The Morgan fingerprint density at radius 3 is 2.69 bits per heavy atom. The lowest BCUT2D eigenvalue weighted by molar-refractivity contribution is -0.0540. The normalized spacial score (nSPS) is 29.6. The maximum atomic E-state index is 15.6. The summed E-state index contributed by atoms with van der Waals surface area (Å²) in [7, 11) is 1.92. The van der Waals surface area contributed by atoms with E-state index in [0.717, 1.165) is 31.4 Å². The third kappa shape index (κ3) is 3.53. The molecule has 168 valence electrons. The number of aromatic hydroxyl groups is 1. The summed E-state index contributed by atoms with van der Waals surface area (Å²) in [6, 6.07) is 8.89. The number of hydrogen-bond acceptors (Lipinski definition) is 5. The fraction of sp³-hybridized carbons (Fsp3) is 0.480. The molecule has 2 aromatic heterocycles. The van der Waals surface area contributed by atoms with Gasteiger partial charge in [-0.2, -0.15) is 0 Å². The van der Waals surface area contributed by atoms with Crippen LogP contribution in [0, 0.1) is 10.8 Å². The molecule has 4 atom stereocenters. The summed E-state index contributed by atoms with van der Waals surface area (Å²) in [5, 5.41) is 19.3. The number of rotatable bonds is 4. The number of aromatic nitrogens is 4. The van der Waals surface area contributed by atoms with Gasteiger partial charge >= 0.3 is 0 Å². The zero-order chi connectivity index (χ0) is 22.5. The Kier molecular flexibility index (Phi) is 4.95. The third-order valence-corrected chi connectivity index (χ3v) is 7.63. The van der Waals surface area contributed by atoms with Gasteiger partial charge in [-0.25, -0.2) is 9.37 Å². The van der Waals surface area contributed by atoms with Gasteiger partial charge in [0, 0.05) is 36.5 Å². The van der Waals surface area contributed by atoms with Gasteiger partial charge in [0.15, 0.2) is 5.82 Å². The Balaban J connectivity index is 1.38. The summed E-state index contributed by atoms with van der Waals surface area (Å²) >= 11 is 0. The van der Waals surface area contributed by atoms with Crippen LogP contribution in [0.2, 0.25) is 0 Å². The van der Waals surface area contributed by atoms with Gasteiger partial charge in [-0.3, -0.25) is 0 Å². The van der Waals surface area contributed by atoms with Crippen molar-refractivity contribution in [2.24, 2.45) is 10.8 Å². The summed E-state index contributed by atoms with van der Waals surface area (Å²) in [6.45, 7) is 4.42. The van der Waals surface area contributed by atoms with E-state index in [1.807, 2.05) is 47.0 Å². The molecule has 2 heterocycles. The monoisotopic (exact) mass is 435 g/mol. The highest BCUT2D eigenvalue weighted by atomic mass is 19.1. The summed E-state index contributed by atoms with van der Waals surface area (Å²) < 4.78 is 17.5. The smallest absolute Gasteiger partial charge is 0.151 e. The topological polar surface area (TPSA) is 67.1 Å². The van der Waals surface area contributed by atoms with Crippen LogP contribution in [-0.4, -0.2) is 44.1 Å². The summed E-state index contributed by atoms with van der Waals surface area (Å²) in [4.78, 5) is 6.00. The van der Waals surface area contributed by atoms with E-state index in [-0.39, 0.29) is 22.6 Å². The highest BCUT2D eigenvalue weighted by Crippen LogP contribution is 2.57. The number of hydrogen-bond donors (Lipinski definition) is 1. The number of alkyl halides is 1.